The molecule has 0 unspecified atom stereocenters. The maximum Gasteiger partial charge on any atom is 0.101 e. The van der Waals surface area contributed by atoms with Gasteiger partial charge in [0.15, 0.2) is 0 Å². The largest absolute Gasteiger partial charge is 0.288 e. The van der Waals surface area contributed by atoms with Crippen LogP contribution < -0.4 is 0 Å². The predicted octanol–water partition coefficient (Wildman–Crippen LogP) is 4.43. The number of aromatic nitrogens is 3. The van der Waals surface area contributed by atoms with Gasteiger partial charge in [0.25, 0.3) is 0 Å². The number of hydrogen-bond donors (Lipinski definition) is 0. The van der Waals surface area contributed by atoms with Gasteiger partial charge in [-0.05, 0) is 43.7 Å². The lowest BCUT2D eigenvalue weighted by Gasteiger charge is -2.28. The standard InChI is InChI=1S/C19H17ClN4/c1-19(2)12-22-11-16-17(13-7-9-21-10-8-13)18(23-24(16)19)14-3-5-15(20)6-4-14/h3-11H,12H2,1-2H3. The van der Waals surface area contributed by atoms with Crippen molar-refractivity contribution in [3.8, 4) is 22.4 Å². The highest BCUT2D eigenvalue weighted by molar-refractivity contribution is 6.30. The van der Waals surface area contributed by atoms with Crippen LogP contribution in [0.1, 0.15) is 19.5 Å². The van der Waals surface area contributed by atoms with Gasteiger partial charge in [0.2, 0.25) is 0 Å². The minimum absolute atomic E-state index is 0.156. The molecule has 120 valence electrons. The Bertz CT molecular complexity index is 909. The Labute approximate surface area is 145 Å². The molecule has 0 saturated heterocycles. The van der Waals surface area contributed by atoms with Crippen LogP contribution in [0, 0.1) is 0 Å². The molecule has 0 atom stereocenters. The molecule has 0 amide bonds. The summed E-state index contributed by atoms with van der Waals surface area (Å²) in [6.45, 7) is 5.03. The van der Waals surface area contributed by atoms with Gasteiger partial charge >= 0.3 is 0 Å². The van der Waals surface area contributed by atoms with Crippen LogP contribution in [0.2, 0.25) is 5.02 Å². The number of nitrogens with zero attached hydrogens (tertiary/aromatic N) is 4. The second kappa shape index (κ2) is 5.56. The van der Waals surface area contributed by atoms with Crippen LogP contribution in [-0.4, -0.2) is 27.5 Å². The van der Waals surface area contributed by atoms with Crippen molar-refractivity contribution in [1.29, 1.82) is 0 Å². The van der Waals surface area contributed by atoms with Crippen molar-refractivity contribution >= 4 is 17.8 Å². The van der Waals surface area contributed by atoms with Crippen LogP contribution in [0.25, 0.3) is 22.4 Å². The van der Waals surface area contributed by atoms with Crippen molar-refractivity contribution in [3.05, 3.63) is 59.5 Å². The van der Waals surface area contributed by atoms with Gasteiger partial charge in [-0.15, -0.1) is 0 Å². The summed E-state index contributed by atoms with van der Waals surface area (Å²) in [5.41, 5.74) is 5.02. The maximum atomic E-state index is 6.05. The highest BCUT2D eigenvalue weighted by atomic mass is 35.5. The van der Waals surface area contributed by atoms with E-state index >= 15 is 0 Å². The van der Waals surface area contributed by atoms with Gasteiger partial charge in [0.05, 0.1) is 17.8 Å². The molecule has 1 aliphatic heterocycles. The third kappa shape index (κ3) is 2.43. The molecule has 3 heterocycles. The average molecular weight is 337 g/mol. The summed E-state index contributed by atoms with van der Waals surface area (Å²) in [7, 11) is 0. The van der Waals surface area contributed by atoms with E-state index in [0.717, 1.165) is 39.6 Å². The van der Waals surface area contributed by atoms with Gasteiger partial charge < -0.3 is 0 Å². The van der Waals surface area contributed by atoms with Crippen LogP contribution in [0.5, 0.6) is 0 Å². The van der Waals surface area contributed by atoms with Gasteiger partial charge in [0, 0.05) is 34.8 Å². The zero-order valence-electron chi connectivity index (χ0n) is 13.6. The number of hydrogen-bond acceptors (Lipinski definition) is 3. The van der Waals surface area contributed by atoms with E-state index in [4.69, 9.17) is 16.7 Å². The number of rotatable bonds is 2. The summed E-state index contributed by atoms with van der Waals surface area (Å²) in [5.74, 6) is 0. The first kappa shape index (κ1) is 15.1. The Hall–Kier alpha value is -2.46. The summed E-state index contributed by atoms with van der Waals surface area (Å²) >= 11 is 6.05. The second-order valence-corrected chi connectivity index (χ2v) is 6.98. The molecule has 1 aliphatic rings. The minimum atomic E-state index is -0.156. The average Bonchev–Trinajstić information content (AvgIpc) is 2.97. The molecule has 5 heteroatoms. The number of aliphatic imine (C=N–C) groups is 1. The molecule has 4 rings (SSSR count). The van der Waals surface area contributed by atoms with E-state index in [2.05, 4.69) is 28.5 Å². The highest BCUT2D eigenvalue weighted by Gasteiger charge is 2.31. The maximum absolute atomic E-state index is 6.05. The van der Waals surface area contributed by atoms with E-state index in [0.29, 0.717) is 0 Å². The lowest BCUT2D eigenvalue weighted by molar-refractivity contribution is 0.324. The molecular formula is C19H17ClN4. The Kier molecular flexibility index (Phi) is 3.50. The number of halogens is 1. The molecular weight excluding hydrogens is 320 g/mol. The molecule has 0 bridgehead atoms. The van der Waals surface area contributed by atoms with Crippen LogP contribution in [0.3, 0.4) is 0 Å². The van der Waals surface area contributed by atoms with Crippen molar-refractivity contribution in [3.63, 3.8) is 0 Å². The minimum Gasteiger partial charge on any atom is -0.288 e. The van der Waals surface area contributed by atoms with E-state index in [-0.39, 0.29) is 5.54 Å². The summed E-state index contributed by atoms with van der Waals surface area (Å²) in [6.07, 6.45) is 5.53. The monoisotopic (exact) mass is 336 g/mol. The molecule has 0 radical (unpaired) electrons. The molecule has 4 nitrogen and oxygen atoms in total. The summed E-state index contributed by atoms with van der Waals surface area (Å²) in [4.78, 5) is 8.69. The van der Waals surface area contributed by atoms with E-state index in [1.54, 1.807) is 12.4 Å². The van der Waals surface area contributed by atoms with Crippen molar-refractivity contribution < 1.29 is 0 Å². The number of benzene rings is 1. The zero-order valence-corrected chi connectivity index (χ0v) is 14.3. The summed E-state index contributed by atoms with van der Waals surface area (Å²) < 4.78 is 2.08. The molecule has 3 aromatic rings. The van der Waals surface area contributed by atoms with Crippen molar-refractivity contribution in [1.82, 2.24) is 14.8 Å². The first-order valence-electron chi connectivity index (χ1n) is 7.86. The molecule has 24 heavy (non-hydrogen) atoms. The smallest absolute Gasteiger partial charge is 0.101 e. The molecule has 0 saturated carbocycles. The first-order chi connectivity index (χ1) is 11.6. The first-order valence-corrected chi connectivity index (χ1v) is 8.24. The van der Waals surface area contributed by atoms with Crippen LogP contribution in [0.4, 0.5) is 0 Å². The van der Waals surface area contributed by atoms with Gasteiger partial charge in [0.1, 0.15) is 5.69 Å². The Morgan fingerprint density at radius 2 is 1.71 bits per heavy atom. The Morgan fingerprint density at radius 3 is 2.42 bits per heavy atom. The molecule has 0 spiro atoms. The third-order valence-corrected chi connectivity index (χ3v) is 4.52. The topological polar surface area (TPSA) is 43.1 Å². The van der Waals surface area contributed by atoms with Crippen molar-refractivity contribution in [2.24, 2.45) is 4.99 Å². The molecule has 0 N–H and O–H groups in total. The predicted molar refractivity (Wildman–Crippen MR) is 97.7 cm³/mol. The number of pyridine rings is 1. The van der Waals surface area contributed by atoms with Gasteiger partial charge in [-0.25, -0.2) is 0 Å². The molecule has 0 aliphatic carbocycles. The fourth-order valence-corrected chi connectivity index (χ4v) is 3.17. The van der Waals surface area contributed by atoms with E-state index in [1.165, 1.54) is 0 Å². The zero-order chi connectivity index (χ0) is 16.7. The lowest BCUT2D eigenvalue weighted by Crippen LogP contribution is -2.35. The Balaban J connectivity index is 2.01. The Morgan fingerprint density at radius 1 is 1.00 bits per heavy atom. The lowest BCUT2D eigenvalue weighted by atomic mass is 9.98. The summed E-state index contributed by atoms with van der Waals surface area (Å²) in [5, 5.41) is 5.66. The van der Waals surface area contributed by atoms with Crippen LogP contribution >= 0.6 is 11.6 Å². The quantitative estimate of drug-likeness (QED) is 0.694. The van der Waals surface area contributed by atoms with E-state index < -0.39 is 0 Å². The van der Waals surface area contributed by atoms with Gasteiger partial charge in [-0.2, -0.15) is 5.10 Å². The third-order valence-electron chi connectivity index (χ3n) is 4.27. The SMILES string of the molecule is CC1(C)CN=Cc2c(-c3ccncc3)c(-c3ccc(Cl)cc3)nn21. The fourth-order valence-electron chi connectivity index (χ4n) is 3.05. The highest BCUT2D eigenvalue weighted by Crippen LogP contribution is 2.37. The normalized spacial score (nSPS) is 15.3. The van der Waals surface area contributed by atoms with Gasteiger partial charge in [-0.1, -0.05) is 23.7 Å². The molecule has 2 aromatic heterocycles. The van der Waals surface area contributed by atoms with E-state index in [1.807, 2.05) is 42.6 Å². The van der Waals surface area contributed by atoms with Crippen LogP contribution in [0.15, 0.2) is 53.8 Å². The second-order valence-electron chi connectivity index (χ2n) is 6.55. The van der Waals surface area contributed by atoms with Crippen molar-refractivity contribution in [2.75, 3.05) is 6.54 Å². The number of fused-ring (bicyclic) bond motifs is 1. The molecule has 0 fully saturated rings. The van der Waals surface area contributed by atoms with Crippen LogP contribution in [-0.2, 0) is 5.54 Å². The van der Waals surface area contributed by atoms with Crippen molar-refractivity contribution in [2.45, 2.75) is 19.4 Å². The van der Waals surface area contributed by atoms with Gasteiger partial charge in [-0.3, -0.25) is 14.7 Å². The molecule has 1 aromatic carbocycles. The summed E-state index contributed by atoms with van der Waals surface area (Å²) in [6, 6.07) is 11.8. The fraction of sp³-hybridized carbons (Fsp3) is 0.211. The van der Waals surface area contributed by atoms with E-state index in [9.17, 15) is 0 Å².